The van der Waals surface area contributed by atoms with Crippen molar-refractivity contribution >= 4 is 0 Å². The predicted molar refractivity (Wildman–Crippen MR) is 84.7 cm³/mol. The Morgan fingerprint density at radius 2 is 2.05 bits per heavy atom. The Morgan fingerprint density at radius 3 is 2.70 bits per heavy atom. The van der Waals surface area contributed by atoms with Gasteiger partial charge in [-0.3, -0.25) is 4.68 Å². The van der Waals surface area contributed by atoms with Gasteiger partial charge in [-0.15, -0.1) is 0 Å². The molecule has 114 valence electrons. The van der Waals surface area contributed by atoms with E-state index >= 15 is 0 Å². The first-order chi connectivity index (χ1) is 9.63. The summed E-state index contributed by atoms with van der Waals surface area (Å²) in [5, 5.41) is 8.45. The minimum absolute atomic E-state index is 0.554. The lowest BCUT2D eigenvalue weighted by molar-refractivity contribution is 0.226. The molecule has 1 aliphatic rings. The molecule has 0 bridgehead atoms. The van der Waals surface area contributed by atoms with Crippen LogP contribution >= 0.6 is 0 Å². The Hall–Kier alpha value is -0.830. The maximum Gasteiger partial charge on any atom is 0.0762 e. The minimum atomic E-state index is 0.554. The smallest absolute Gasteiger partial charge is 0.0762 e. The summed E-state index contributed by atoms with van der Waals surface area (Å²) >= 11 is 0. The zero-order chi connectivity index (χ0) is 14.5. The van der Waals surface area contributed by atoms with Crippen molar-refractivity contribution in [1.82, 2.24) is 15.1 Å². The Balaban J connectivity index is 1.85. The maximum absolute atomic E-state index is 4.73. The van der Waals surface area contributed by atoms with E-state index < -0.39 is 0 Å². The molecule has 2 rings (SSSR count). The Morgan fingerprint density at radius 1 is 1.30 bits per heavy atom. The summed E-state index contributed by atoms with van der Waals surface area (Å²) in [5.74, 6) is 1.69. The number of nitrogens with one attached hydrogen (secondary N) is 1. The Bertz CT molecular complexity index is 395. The highest BCUT2D eigenvalue weighted by atomic mass is 15.3. The van der Waals surface area contributed by atoms with E-state index in [-0.39, 0.29) is 0 Å². The molecule has 3 nitrogen and oxygen atoms in total. The number of aromatic nitrogens is 2. The lowest BCUT2D eigenvalue weighted by Gasteiger charge is -2.33. The van der Waals surface area contributed by atoms with Gasteiger partial charge in [-0.05, 0) is 50.0 Å². The van der Waals surface area contributed by atoms with Gasteiger partial charge in [0.15, 0.2) is 0 Å². The predicted octanol–water partition coefficient (Wildman–Crippen LogP) is 4.16. The molecule has 1 aromatic heterocycles. The van der Waals surface area contributed by atoms with Crippen molar-refractivity contribution in [3.63, 3.8) is 0 Å². The molecule has 0 aromatic carbocycles. The van der Waals surface area contributed by atoms with Crippen molar-refractivity contribution in [2.75, 3.05) is 0 Å². The molecule has 3 unspecified atom stereocenters. The zero-order valence-corrected chi connectivity index (χ0v) is 13.6. The zero-order valence-electron chi connectivity index (χ0n) is 13.6. The van der Waals surface area contributed by atoms with E-state index in [2.05, 4.69) is 50.0 Å². The van der Waals surface area contributed by atoms with E-state index in [0.29, 0.717) is 12.1 Å². The van der Waals surface area contributed by atoms with E-state index in [0.717, 1.165) is 31.2 Å². The van der Waals surface area contributed by atoms with Crippen LogP contribution in [0, 0.1) is 11.8 Å². The molecular formula is C17H31N3. The van der Waals surface area contributed by atoms with Crippen molar-refractivity contribution in [2.45, 2.75) is 78.4 Å². The number of hydrogen-bond donors (Lipinski definition) is 1. The molecule has 20 heavy (non-hydrogen) atoms. The van der Waals surface area contributed by atoms with Gasteiger partial charge in [0.05, 0.1) is 11.7 Å². The van der Waals surface area contributed by atoms with E-state index in [9.17, 15) is 0 Å². The van der Waals surface area contributed by atoms with Gasteiger partial charge < -0.3 is 5.32 Å². The van der Waals surface area contributed by atoms with Gasteiger partial charge in [0.25, 0.3) is 0 Å². The average Bonchev–Trinajstić information content (AvgIpc) is 2.88. The van der Waals surface area contributed by atoms with Crippen LogP contribution < -0.4 is 5.32 Å². The molecule has 1 aliphatic carbocycles. The van der Waals surface area contributed by atoms with E-state index in [1.165, 1.54) is 25.0 Å². The largest absolute Gasteiger partial charge is 0.308 e. The number of nitrogens with zero attached hydrogens (tertiary/aromatic N) is 2. The van der Waals surface area contributed by atoms with Crippen molar-refractivity contribution < 1.29 is 0 Å². The highest BCUT2D eigenvalue weighted by Gasteiger charge is 2.24. The van der Waals surface area contributed by atoms with Crippen LogP contribution in [-0.4, -0.2) is 15.8 Å². The van der Waals surface area contributed by atoms with Gasteiger partial charge in [0.2, 0.25) is 0 Å². The monoisotopic (exact) mass is 277 g/mol. The standard InChI is InChI=1S/C17H31N3/c1-5-16(6-2)20-10-9-15(19-20)12-18-17-8-7-13(3)11-14(17)4/h9-10,13-14,16-18H,5-8,11-12H2,1-4H3. The van der Waals surface area contributed by atoms with E-state index in [1.807, 2.05) is 0 Å². The molecule has 3 heteroatoms. The Kier molecular flexibility index (Phi) is 5.64. The van der Waals surface area contributed by atoms with Crippen molar-refractivity contribution in [1.29, 1.82) is 0 Å². The number of rotatable bonds is 6. The van der Waals surface area contributed by atoms with Crippen LogP contribution in [0.3, 0.4) is 0 Å². The lowest BCUT2D eigenvalue weighted by Crippen LogP contribution is -2.38. The van der Waals surface area contributed by atoms with Gasteiger partial charge in [0.1, 0.15) is 0 Å². The third-order valence-electron chi connectivity index (χ3n) is 4.96. The van der Waals surface area contributed by atoms with E-state index in [1.54, 1.807) is 0 Å². The van der Waals surface area contributed by atoms with Gasteiger partial charge in [0, 0.05) is 18.8 Å². The number of hydrogen-bond acceptors (Lipinski definition) is 2. The van der Waals surface area contributed by atoms with Crippen LogP contribution in [0.15, 0.2) is 12.3 Å². The molecule has 3 atom stereocenters. The average molecular weight is 277 g/mol. The van der Waals surface area contributed by atoms with Gasteiger partial charge in [-0.2, -0.15) is 5.10 Å². The van der Waals surface area contributed by atoms with Gasteiger partial charge in [-0.25, -0.2) is 0 Å². The molecule has 1 N–H and O–H groups in total. The fraction of sp³-hybridized carbons (Fsp3) is 0.824. The molecule has 1 aromatic rings. The van der Waals surface area contributed by atoms with Crippen LogP contribution in [0.1, 0.15) is 71.5 Å². The topological polar surface area (TPSA) is 29.9 Å². The van der Waals surface area contributed by atoms with Crippen LogP contribution in [-0.2, 0) is 6.54 Å². The first-order valence-corrected chi connectivity index (χ1v) is 8.41. The van der Waals surface area contributed by atoms with Crippen molar-refractivity contribution in [3.05, 3.63) is 18.0 Å². The Labute approximate surface area is 124 Å². The van der Waals surface area contributed by atoms with Crippen LogP contribution in [0.25, 0.3) is 0 Å². The molecule has 0 amide bonds. The summed E-state index contributed by atoms with van der Waals surface area (Å²) in [6.45, 7) is 10.1. The van der Waals surface area contributed by atoms with Crippen molar-refractivity contribution in [2.24, 2.45) is 11.8 Å². The molecule has 0 radical (unpaired) electrons. The fourth-order valence-corrected chi connectivity index (χ4v) is 3.54. The summed E-state index contributed by atoms with van der Waals surface area (Å²) in [7, 11) is 0. The summed E-state index contributed by atoms with van der Waals surface area (Å²) < 4.78 is 2.14. The highest BCUT2D eigenvalue weighted by molar-refractivity contribution is 5.00. The summed E-state index contributed by atoms with van der Waals surface area (Å²) in [6, 6.07) is 3.39. The van der Waals surface area contributed by atoms with Gasteiger partial charge >= 0.3 is 0 Å². The third kappa shape index (κ3) is 3.85. The normalized spacial score (nSPS) is 27.1. The van der Waals surface area contributed by atoms with Crippen LogP contribution in [0.5, 0.6) is 0 Å². The summed E-state index contributed by atoms with van der Waals surface area (Å²) in [4.78, 5) is 0. The minimum Gasteiger partial charge on any atom is -0.308 e. The highest BCUT2D eigenvalue weighted by Crippen LogP contribution is 2.28. The molecule has 1 saturated carbocycles. The SMILES string of the molecule is CCC(CC)n1ccc(CNC2CCC(C)CC2C)n1. The second-order valence-electron chi connectivity index (χ2n) is 6.64. The van der Waals surface area contributed by atoms with Gasteiger partial charge in [-0.1, -0.05) is 27.7 Å². The second kappa shape index (κ2) is 7.26. The quantitative estimate of drug-likeness (QED) is 0.846. The molecule has 1 fully saturated rings. The summed E-state index contributed by atoms with van der Waals surface area (Å²) in [6.07, 6.45) is 8.49. The first-order valence-electron chi connectivity index (χ1n) is 8.41. The third-order valence-corrected chi connectivity index (χ3v) is 4.96. The second-order valence-corrected chi connectivity index (χ2v) is 6.64. The molecule has 0 aliphatic heterocycles. The fourth-order valence-electron chi connectivity index (χ4n) is 3.54. The van der Waals surface area contributed by atoms with Crippen LogP contribution in [0.4, 0.5) is 0 Å². The lowest BCUT2D eigenvalue weighted by atomic mass is 9.80. The molecule has 0 saturated heterocycles. The molecular weight excluding hydrogens is 246 g/mol. The maximum atomic E-state index is 4.73. The first kappa shape index (κ1) is 15.6. The molecule has 1 heterocycles. The molecule has 0 spiro atoms. The van der Waals surface area contributed by atoms with Crippen LogP contribution in [0.2, 0.25) is 0 Å². The summed E-state index contributed by atoms with van der Waals surface area (Å²) in [5.41, 5.74) is 1.18. The van der Waals surface area contributed by atoms with E-state index in [4.69, 9.17) is 5.10 Å². The van der Waals surface area contributed by atoms with Crippen molar-refractivity contribution in [3.8, 4) is 0 Å².